The van der Waals surface area contributed by atoms with Crippen LogP contribution in [0.3, 0.4) is 0 Å². The molecule has 0 spiro atoms. The molecule has 0 bridgehead atoms. The van der Waals surface area contributed by atoms with E-state index in [0.717, 1.165) is 10.4 Å². The van der Waals surface area contributed by atoms with E-state index >= 15 is 0 Å². The molecular weight excluding hydrogens is 183 g/mol. The van der Waals surface area contributed by atoms with Crippen molar-refractivity contribution in [2.45, 2.75) is 46.0 Å². The Bertz CT molecular complexity index is 292. The zero-order chi connectivity index (χ0) is 10.2. The highest BCUT2D eigenvalue weighted by molar-refractivity contribution is 7.10. The van der Waals surface area contributed by atoms with Crippen LogP contribution in [0.4, 0.5) is 4.39 Å². The summed E-state index contributed by atoms with van der Waals surface area (Å²) >= 11 is 1.54. The first-order valence-corrected chi connectivity index (χ1v) is 5.49. The molecule has 1 heterocycles. The van der Waals surface area contributed by atoms with Crippen LogP contribution in [0.1, 0.15) is 51.0 Å². The molecule has 0 saturated carbocycles. The van der Waals surface area contributed by atoms with E-state index in [1.54, 1.807) is 0 Å². The first-order chi connectivity index (χ1) is 5.84. The van der Waals surface area contributed by atoms with E-state index in [2.05, 4.69) is 0 Å². The highest BCUT2D eigenvalue weighted by Gasteiger charge is 2.23. The second kappa shape index (κ2) is 3.41. The Morgan fingerprint density at radius 2 is 1.85 bits per heavy atom. The van der Waals surface area contributed by atoms with Crippen molar-refractivity contribution in [3.63, 3.8) is 0 Å². The van der Waals surface area contributed by atoms with Gasteiger partial charge < -0.3 is 0 Å². The Hall–Kier alpha value is -0.370. The predicted octanol–water partition coefficient (Wildman–Crippen LogP) is 4.31. The van der Waals surface area contributed by atoms with E-state index in [1.165, 1.54) is 11.3 Å². The van der Waals surface area contributed by atoms with Gasteiger partial charge in [-0.25, -0.2) is 4.39 Å². The van der Waals surface area contributed by atoms with Gasteiger partial charge in [0.2, 0.25) is 0 Å². The van der Waals surface area contributed by atoms with Crippen molar-refractivity contribution in [2.75, 3.05) is 0 Å². The summed E-state index contributed by atoms with van der Waals surface area (Å²) in [5.74, 6) is 0.292. The summed E-state index contributed by atoms with van der Waals surface area (Å²) in [6.07, 6.45) is 0. The lowest BCUT2D eigenvalue weighted by Crippen LogP contribution is -2.11. The standard InChI is InChI=1S/C11H17FS/c1-7(2)8-6-13-10(9(8)12)11(3,4)5/h6-7H,1-5H3. The Kier molecular flexibility index (Phi) is 2.81. The quantitative estimate of drug-likeness (QED) is 0.633. The van der Waals surface area contributed by atoms with E-state index in [1.807, 2.05) is 40.0 Å². The summed E-state index contributed by atoms with van der Waals surface area (Å²) in [6.45, 7) is 10.2. The van der Waals surface area contributed by atoms with Crippen molar-refractivity contribution in [2.24, 2.45) is 0 Å². The monoisotopic (exact) mass is 200 g/mol. The molecule has 2 heteroatoms. The molecule has 0 amide bonds. The minimum Gasteiger partial charge on any atom is -0.205 e. The summed E-state index contributed by atoms with van der Waals surface area (Å²) in [4.78, 5) is 0.871. The lowest BCUT2D eigenvalue weighted by Gasteiger charge is -2.16. The van der Waals surface area contributed by atoms with Gasteiger partial charge in [-0.1, -0.05) is 34.6 Å². The Morgan fingerprint density at radius 1 is 1.31 bits per heavy atom. The second-order valence-electron chi connectivity index (χ2n) is 4.74. The van der Waals surface area contributed by atoms with Gasteiger partial charge in [-0.05, 0) is 16.7 Å². The summed E-state index contributed by atoms with van der Waals surface area (Å²) in [5, 5.41) is 1.95. The van der Waals surface area contributed by atoms with Crippen LogP contribution in [0.2, 0.25) is 0 Å². The van der Waals surface area contributed by atoms with E-state index in [9.17, 15) is 4.39 Å². The van der Waals surface area contributed by atoms with Gasteiger partial charge in [0.25, 0.3) is 0 Å². The third-order valence-corrected chi connectivity index (χ3v) is 3.46. The Balaban J connectivity index is 3.14. The van der Waals surface area contributed by atoms with Gasteiger partial charge in [0.15, 0.2) is 0 Å². The minimum absolute atomic E-state index is 0.00694. The SMILES string of the molecule is CC(C)c1csc(C(C)(C)C)c1F. The molecule has 1 aromatic heterocycles. The number of halogens is 1. The van der Waals surface area contributed by atoms with Gasteiger partial charge in [-0.15, -0.1) is 11.3 Å². The molecule has 0 atom stereocenters. The summed E-state index contributed by atoms with van der Waals surface area (Å²) in [6, 6.07) is 0. The maximum Gasteiger partial charge on any atom is 0.141 e. The zero-order valence-electron chi connectivity index (χ0n) is 8.94. The van der Waals surface area contributed by atoms with Crippen LogP contribution in [-0.4, -0.2) is 0 Å². The Labute approximate surface area is 83.8 Å². The average Bonchev–Trinajstić information content (AvgIpc) is 2.28. The lowest BCUT2D eigenvalue weighted by atomic mass is 9.92. The molecule has 13 heavy (non-hydrogen) atoms. The summed E-state index contributed by atoms with van der Waals surface area (Å²) in [5.41, 5.74) is 0.789. The second-order valence-corrected chi connectivity index (χ2v) is 5.62. The van der Waals surface area contributed by atoms with Crippen LogP contribution >= 0.6 is 11.3 Å². The molecule has 0 radical (unpaired) electrons. The summed E-state index contributed by atoms with van der Waals surface area (Å²) < 4.78 is 13.8. The van der Waals surface area contributed by atoms with Gasteiger partial charge in [-0.2, -0.15) is 0 Å². The molecule has 0 aliphatic carbocycles. The van der Waals surface area contributed by atoms with Crippen LogP contribution in [0, 0.1) is 5.82 Å². The third kappa shape index (κ3) is 2.11. The molecule has 0 nitrogen and oxygen atoms in total. The first-order valence-electron chi connectivity index (χ1n) is 4.61. The van der Waals surface area contributed by atoms with Gasteiger partial charge in [0.1, 0.15) is 5.82 Å². The van der Waals surface area contributed by atoms with Crippen molar-refractivity contribution in [1.29, 1.82) is 0 Å². The maximum absolute atomic E-state index is 13.8. The van der Waals surface area contributed by atoms with Crippen molar-refractivity contribution in [3.05, 3.63) is 21.6 Å². The smallest absolute Gasteiger partial charge is 0.141 e. The van der Waals surface area contributed by atoms with Crippen LogP contribution < -0.4 is 0 Å². The molecule has 1 aromatic rings. The molecule has 0 unspecified atom stereocenters. The highest BCUT2D eigenvalue weighted by atomic mass is 32.1. The van der Waals surface area contributed by atoms with Crippen LogP contribution in [-0.2, 0) is 5.41 Å². The van der Waals surface area contributed by atoms with Crippen molar-refractivity contribution in [3.8, 4) is 0 Å². The fourth-order valence-corrected chi connectivity index (χ4v) is 2.45. The van der Waals surface area contributed by atoms with Crippen LogP contribution in [0.25, 0.3) is 0 Å². The molecular formula is C11H17FS. The van der Waals surface area contributed by atoms with E-state index in [0.29, 0.717) is 0 Å². The van der Waals surface area contributed by atoms with Crippen LogP contribution in [0.15, 0.2) is 5.38 Å². The van der Waals surface area contributed by atoms with Crippen LogP contribution in [0.5, 0.6) is 0 Å². The van der Waals surface area contributed by atoms with Gasteiger partial charge in [0, 0.05) is 10.4 Å². The zero-order valence-corrected chi connectivity index (χ0v) is 9.76. The molecule has 0 fully saturated rings. The van der Waals surface area contributed by atoms with Gasteiger partial charge >= 0.3 is 0 Å². The fraction of sp³-hybridized carbons (Fsp3) is 0.636. The molecule has 0 aliphatic heterocycles. The molecule has 0 aliphatic rings. The molecule has 1 rings (SSSR count). The number of hydrogen-bond acceptors (Lipinski definition) is 1. The lowest BCUT2D eigenvalue weighted by molar-refractivity contribution is 0.526. The molecule has 0 aromatic carbocycles. The Morgan fingerprint density at radius 3 is 2.08 bits per heavy atom. The largest absolute Gasteiger partial charge is 0.205 e. The molecule has 0 saturated heterocycles. The average molecular weight is 200 g/mol. The van der Waals surface area contributed by atoms with Gasteiger partial charge in [-0.3, -0.25) is 0 Å². The minimum atomic E-state index is -0.0676. The van der Waals surface area contributed by atoms with E-state index in [4.69, 9.17) is 0 Å². The van der Waals surface area contributed by atoms with Crippen molar-refractivity contribution >= 4 is 11.3 Å². The first kappa shape index (κ1) is 10.7. The normalized spacial score (nSPS) is 12.5. The number of rotatable bonds is 1. The summed E-state index contributed by atoms with van der Waals surface area (Å²) in [7, 11) is 0. The van der Waals surface area contributed by atoms with Crippen molar-refractivity contribution in [1.82, 2.24) is 0 Å². The van der Waals surface area contributed by atoms with Gasteiger partial charge in [0.05, 0.1) is 0 Å². The maximum atomic E-state index is 13.8. The third-order valence-electron chi connectivity index (χ3n) is 2.06. The number of thiophene rings is 1. The molecule has 0 N–H and O–H groups in total. The molecule has 74 valence electrons. The fourth-order valence-electron chi connectivity index (χ4n) is 1.25. The topological polar surface area (TPSA) is 0 Å². The highest BCUT2D eigenvalue weighted by Crippen LogP contribution is 2.35. The number of hydrogen-bond donors (Lipinski definition) is 0. The van der Waals surface area contributed by atoms with Crippen molar-refractivity contribution < 1.29 is 4.39 Å². The predicted molar refractivity (Wildman–Crippen MR) is 57.1 cm³/mol. The van der Waals surface area contributed by atoms with E-state index in [-0.39, 0.29) is 17.2 Å². The van der Waals surface area contributed by atoms with E-state index < -0.39 is 0 Å².